The van der Waals surface area contributed by atoms with Crippen molar-refractivity contribution in [3.8, 4) is 16.9 Å². The van der Waals surface area contributed by atoms with Crippen molar-refractivity contribution in [2.45, 2.75) is 26.1 Å². The summed E-state index contributed by atoms with van der Waals surface area (Å²) in [6.07, 6.45) is 1.67. The monoisotopic (exact) mass is 433 g/mol. The number of carbonyl (C=O) groups excluding carboxylic acids is 1. The van der Waals surface area contributed by atoms with Gasteiger partial charge >= 0.3 is 0 Å². The molecule has 5 heteroatoms. The number of amides is 1. The summed E-state index contributed by atoms with van der Waals surface area (Å²) in [5.41, 5.74) is 2.82. The third kappa shape index (κ3) is 5.62. The van der Waals surface area contributed by atoms with Crippen molar-refractivity contribution < 1.29 is 18.7 Å². The molecule has 0 N–H and O–H groups in total. The minimum Gasteiger partial charge on any atom is -0.478 e. The van der Waals surface area contributed by atoms with Gasteiger partial charge in [-0.25, -0.2) is 4.39 Å². The van der Waals surface area contributed by atoms with Gasteiger partial charge in [0.05, 0.1) is 6.61 Å². The highest BCUT2D eigenvalue weighted by Crippen LogP contribution is 2.27. The molecule has 0 aliphatic rings. The maximum atomic E-state index is 13.3. The quantitative estimate of drug-likeness (QED) is 0.388. The highest BCUT2D eigenvalue weighted by atomic mass is 19.1. The average molecular weight is 434 g/mol. The van der Waals surface area contributed by atoms with Crippen molar-refractivity contribution in [3.05, 3.63) is 96.8 Å². The van der Waals surface area contributed by atoms with Crippen LogP contribution in [0.15, 0.2) is 85.5 Å². The first-order chi connectivity index (χ1) is 15.3. The van der Waals surface area contributed by atoms with Crippen LogP contribution >= 0.6 is 0 Å². The second-order valence-corrected chi connectivity index (χ2v) is 7.95. The Morgan fingerprint density at radius 1 is 0.969 bits per heavy atom. The molecular formula is C27H28FNO3. The van der Waals surface area contributed by atoms with Crippen LogP contribution < -0.4 is 9.64 Å². The standard InChI is InChI=1S/C27H28FNO3/c1-5-18-29(26(30)27(2,3)32-25-16-12-23(28)13-17-25)24-14-10-22(11-15-24)21-8-6-20(7-9-21)19-31-4/h5-17H,1,18-19H2,2-4H3. The van der Waals surface area contributed by atoms with Crippen LogP contribution in [-0.4, -0.2) is 25.2 Å². The Labute approximate surface area is 188 Å². The van der Waals surface area contributed by atoms with Crippen molar-refractivity contribution >= 4 is 11.6 Å². The second-order valence-electron chi connectivity index (χ2n) is 7.95. The second kappa shape index (κ2) is 10.2. The molecule has 0 radical (unpaired) electrons. The van der Waals surface area contributed by atoms with Crippen LogP contribution in [0, 0.1) is 5.82 Å². The van der Waals surface area contributed by atoms with Gasteiger partial charge in [-0.15, -0.1) is 6.58 Å². The van der Waals surface area contributed by atoms with Gasteiger partial charge in [-0.2, -0.15) is 0 Å². The molecule has 0 atom stereocenters. The molecule has 0 aliphatic heterocycles. The average Bonchev–Trinajstić information content (AvgIpc) is 2.79. The Morgan fingerprint density at radius 3 is 2.06 bits per heavy atom. The van der Waals surface area contributed by atoms with Crippen LogP contribution in [0.1, 0.15) is 19.4 Å². The van der Waals surface area contributed by atoms with Crippen LogP contribution in [0.4, 0.5) is 10.1 Å². The summed E-state index contributed by atoms with van der Waals surface area (Å²) in [5.74, 6) is -0.155. The number of rotatable bonds is 9. The van der Waals surface area contributed by atoms with Crippen LogP contribution in [0.3, 0.4) is 0 Å². The molecule has 3 rings (SSSR count). The van der Waals surface area contributed by atoms with Gasteiger partial charge in [0, 0.05) is 19.3 Å². The largest absolute Gasteiger partial charge is 0.478 e. The van der Waals surface area contributed by atoms with E-state index in [1.54, 1.807) is 31.9 Å². The van der Waals surface area contributed by atoms with Crippen molar-refractivity contribution in [1.82, 2.24) is 0 Å². The minimum absolute atomic E-state index is 0.224. The molecule has 32 heavy (non-hydrogen) atoms. The van der Waals surface area contributed by atoms with Gasteiger partial charge in [-0.3, -0.25) is 4.79 Å². The summed E-state index contributed by atoms with van der Waals surface area (Å²) >= 11 is 0. The fourth-order valence-corrected chi connectivity index (χ4v) is 3.39. The normalized spacial score (nSPS) is 11.1. The Kier molecular flexibility index (Phi) is 7.44. The van der Waals surface area contributed by atoms with Crippen molar-refractivity contribution in [3.63, 3.8) is 0 Å². The Morgan fingerprint density at radius 2 is 1.53 bits per heavy atom. The topological polar surface area (TPSA) is 38.8 Å². The summed E-state index contributed by atoms with van der Waals surface area (Å²) in [4.78, 5) is 15.0. The predicted molar refractivity (Wildman–Crippen MR) is 126 cm³/mol. The van der Waals surface area contributed by atoms with Gasteiger partial charge in [0.2, 0.25) is 0 Å². The molecule has 0 heterocycles. The number of hydrogen-bond donors (Lipinski definition) is 0. The molecule has 0 unspecified atom stereocenters. The van der Waals surface area contributed by atoms with E-state index in [4.69, 9.17) is 9.47 Å². The van der Waals surface area contributed by atoms with Gasteiger partial charge < -0.3 is 14.4 Å². The number of hydrogen-bond acceptors (Lipinski definition) is 3. The molecule has 0 aromatic heterocycles. The summed E-state index contributed by atoms with van der Waals surface area (Å²) in [6.45, 7) is 8.09. The number of benzene rings is 3. The Balaban J connectivity index is 1.80. The summed E-state index contributed by atoms with van der Waals surface area (Å²) in [7, 11) is 1.68. The minimum atomic E-state index is -1.16. The van der Waals surface area contributed by atoms with Gasteiger partial charge in [0.15, 0.2) is 5.60 Å². The zero-order valence-electron chi connectivity index (χ0n) is 18.7. The van der Waals surface area contributed by atoms with E-state index in [2.05, 4.69) is 18.7 Å². The third-order valence-corrected chi connectivity index (χ3v) is 5.04. The van der Waals surface area contributed by atoms with Crippen LogP contribution in [-0.2, 0) is 16.1 Å². The van der Waals surface area contributed by atoms with E-state index >= 15 is 0 Å². The maximum Gasteiger partial charge on any atom is 0.270 e. The maximum absolute atomic E-state index is 13.3. The first kappa shape index (κ1) is 23.2. The van der Waals surface area contributed by atoms with Gasteiger partial charge in [-0.1, -0.05) is 42.5 Å². The first-order valence-corrected chi connectivity index (χ1v) is 10.4. The molecule has 0 saturated carbocycles. The lowest BCUT2D eigenvalue weighted by Gasteiger charge is -2.32. The summed E-state index contributed by atoms with van der Waals surface area (Å²) in [6, 6.07) is 21.6. The zero-order valence-corrected chi connectivity index (χ0v) is 18.7. The molecular weight excluding hydrogens is 405 g/mol. The molecule has 0 fully saturated rings. The lowest BCUT2D eigenvalue weighted by atomic mass is 10.0. The molecule has 166 valence electrons. The van der Waals surface area contributed by atoms with E-state index in [0.717, 1.165) is 22.4 Å². The van der Waals surface area contributed by atoms with E-state index in [1.165, 1.54) is 24.3 Å². The number of anilines is 1. The predicted octanol–water partition coefficient (Wildman–Crippen LogP) is 6.02. The first-order valence-electron chi connectivity index (χ1n) is 10.4. The highest BCUT2D eigenvalue weighted by Gasteiger charge is 2.34. The molecule has 0 aliphatic carbocycles. The van der Waals surface area contributed by atoms with E-state index in [-0.39, 0.29) is 11.7 Å². The van der Waals surface area contributed by atoms with Crippen LogP contribution in [0.5, 0.6) is 5.75 Å². The summed E-state index contributed by atoms with van der Waals surface area (Å²) in [5, 5.41) is 0. The molecule has 4 nitrogen and oxygen atoms in total. The molecule has 0 spiro atoms. The molecule has 0 bridgehead atoms. The van der Waals surface area contributed by atoms with E-state index in [1.807, 2.05) is 36.4 Å². The van der Waals surface area contributed by atoms with Crippen LogP contribution in [0.2, 0.25) is 0 Å². The lowest BCUT2D eigenvalue weighted by molar-refractivity contribution is -0.131. The van der Waals surface area contributed by atoms with E-state index in [0.29, 0.717) is 18.9 Å². The molecule has 3 aromatic carbocycles. The third-order valence-electron chi connectivity index (χ3n) is 5.04. The van der Waals surface area contributed by atoms with Gasteiger partial charge in [0.25, 0.3) is 5.91 Å². The van der Waals surface area contributed by atoms with E-state index < -0.39 is 5.60 Å². The zero-order chi connectivity index (χ0) is 23.1. The molecule has 1 amide bonds. The van der Waals surface area contributed by atoms with E-state index in [9.17, 15) is 9.18 Å². The number of methoxy groups -OCH3 is 1. The van der Waals surface area contributed by atoms with Gasteiger partial charge in [-0.05, 0) is 66.9 Å². The fraction of sp³-hybridized carbons (Fsp3) is 0.222. The van der Waals surface area contributed by atoms with Crippen molar-refractivity contribution in [1.29, 1.82) is 0 Å². The number of ether oxygens (including phenoxy) is 2. The fourth-order valence-electron chi connectivity index (χ4n) is 3.39. The van der Waals surface area contributed by atoms with Crippen molar-refractivity contribution in [2.75, 3.05) is 18.6 Å². The smallest absolute Gasteiger partial charge is 0.270 e. The lowest BCUT2D eigenvalue weighted by Crippen LogP contribution is -2.49. The highest BCUT2D eigenvalue weighted by molar-refractivity contribution is 5.99. The van der Waals surface area contributed by atoms with Crippen molar-refractivity contribution in [2.24, 2.45) is 0 Å². The Bertz CT molecular complexity index is 1040. The number of nitrogens with zero attached hydrogens (tertiary/aromatic N) is 1. The number of halogens is 1. The van der Waals surface area contributed by atoms with Crippen LogP contribution in [0.25, 0.3) is 11.1 Å². The number of carbonyl (C=O) groups is 1. The Hall–Kier alpha value is -3.44. The molecule has 3 aromatic rings. The molecule has 0 saturated heterocycles. The SMILES string of the molecule is C=CCN(C(=O)C(C)(C)Oc1ccc(F)cc1)c1ccc(-c2ccc(COC)cc2)cc1. The summed E-state index contributed by atoms with van der Waals surface area (Å²) < 4.78 is 24.2. The van der Waals surface area contributed by atoms with Gasteiger partial charge in [0.1, 0.15) is 11.6 Å².